The molecule has 1 aromatic rings. The van der Waals surface area contributed by atoms with Gasteiger partial charge in [-0.05, 0) is 49.3 Å². The van der Waals surface area contributed by atoms with Gasteiger partial charge in [-0.2, -0.15) is 0 Å². The van der Waals surface area contributed by atoms with Crippen LogP contribution in [0.3, 0.4) is 0 Å². The van der Waals surface area contributed by atoms with Crippen LogP contribution in [0.1, 0.15) is 64.9 Å². The molecular formula is C23H35N3O4. The average molecular weight is 418 g/mol. The van der Waals surface area contributed by atoms with Crippen molar-refractivity contribution in [2.45, 2.75) is 65.3 Å². The van der Waals surface area contributed by atoms with Gasteiger partial charge in [-0.15, -0.1) is 0 Å². The first kappa shape index (κ1) is 23.7. The van der Waals surface area contributed by atoms with Gasteiger partial charge < -0.3 is 20.3 Å². The number of ether oxygens (including phenoxy) is 1. The van der Waals surface area contributed by atoms with Crippen molar-refractivity contribution in [3.05, 3.63) is 29.8 Å². The number of benzene rings is 1. The van der Waals surface area contributed by atoms with E-state index < -0.39 is 0 Å². The molecule has 3 amide bonds. The topological polar surface area (TPSA) is 87.7 Å². The normalized spacial score (nSPS) is 15.6. The van der Waals surface area contributed by atoms with Gasteiger partial charge in [-0.3, -0.25) is 9.59 Å². The van der Waals surface area contributed by atoms with Gasteiger partial charge in [0.25, 0.3) is 0 Å². The highest BCUT2D eigenvalue weighted by Gasteiger charge is 2.25. The van der Waals surface area contributed by atoms with Crippen LogP contribution in [-0.2, 0) is 14.3 Å². The highest BCUT2D eigenvalue weighted by Crippen LogP contribution is 2.18. The lowest BCUT2D eigenvalue weighted by Gasteiger charge is -2.31. The van der Waals surface area contributed by atoms with Crippen molar-refractivity contribution in [1.82, 2.24) is 10.2 Å². The van der Waals surface area contributed by atoms with E-state index in [2.05, 4.69) is 24.5 Å². The third kappa shape index (κ3) is 7.69. The number of anilines is 1. The van der Waals surface area contributed by atoms with Crippen molar-refractivity contribution in [3.63, 3.8) is 0 Å². The first-order chi connectivity index (χ1) is 14.3. The van der Waals surface area contributed by atoms with Crippen LogP contribution in [0.15, 0.2) is 24.3 Å². The van der Waals surface area contributed by atoms with Crippen LogP contribution in [0, 0.1) is 5.92 Å². The molecule has 1 aromatic carbocycles. The predicted octanol–water partition coefficient (Wildman–Crippen LogP) is 3.90. The molecule has 1 saturated heterocycles. The lowest BCUT2D eigenvalue weighted by atomic mass is 10.0. The van der Waals surface area contributed by atoms with E-state index in [4.69, 9.17) is 4.74 Å². The number of piperidine rings is 1. The van der Waals surface area contributed by atoms with Crippen LogP contribution in [0.25, 0.3) is 0 Å². The second kappa shape index (κ2) is 11.6. The zero-order valence-corrected chi connectivity index (χ0v) is 18.6. The Bertz CT molecular complexity index is 710. The molecule has 2 rings (SSSR count). The molecule has 1 aliphatic heterocycles. The molecule has 0 aromatic heterocycles. The Balaban J connectivity index is 1.69. The van der Waals surface area contributed by atoms with E-state index in [1.54, 1.807) is 11.8 Å². The number of hydrogen-bond acceptors (Lipinski definition) is 4. The maximum absolute atomic E-state index is 12.3. The summed E-state index contributed by atoms with van der Waals surface area (Å²) in [5.74, 6) is 0.256. The molecule has 7 heteroatoms. The standard InChI is InChI=1S/C23H35N3O4/c1-5-30-23(29)26-12-10-20(11-13-26)25-22(28)15-17(4)14-21(27)24-19-8-6-18(7-9-19)16(2)3/h6-9,16-17,20H,5,10-15H2,1-4H3,(H,24,27)(H,25,28)/t17-/m1/s1. The van der Waals surface area contributed by atoms with Gasteiger partial charge in [0.2, 0.25) is 11.8 Å². The summed E-state index contributed by atoms with van der Waals surface area (Å²) in [4.78, 5) is 38.0. The maximum Gasteiger partial charge on any atom is 0.409 e. The molecule has 0 radical (unpaired) electrons. The molecule has 166 valence electrons. The summed E-state index contributed by atoms with van der Waals surface area (Å²) < 4.78 is 5.01. The molecule has 0 spiro atoms. The summed E-state index contributed by atoms with van der Waals surface area (Å²) in [5.41, 5.74) is 2.00. The van der Waals surface area contributed by atoms with Crippen molar-refractivity contribution in [2.75, 3.05) is 25.0 Å². The number of amides is 3. The maximum atomic E-state index is 12.3. The lowest BCUT2D eigenvalue weighted by molar-refractivity contribution is -0.123. The fraction of sp³-hybridized carbons (Fsp3) is 0.609. The number of carbonyl (C=O) groups excluding carboxylic acids is 3. The molecule has 0 saturated carbocycles. The van der Waals surface area contributed by atoms with Gasteiger partial charge in [0.1, 0.15) is 0 Å². The van der Waals surface area contributed by atoms with E-state index in [1.165, 1.54) is 5.56 Å². The SMILES string of the molecule is CCOC(=O)N1CCC(NC(=O)C[C@H](C)CC(=O)Nc2ccc(C(C)C)cc2)CC1. The minimum Gasteiger partial charge on any atom is -0.450 e. The highest BCUT2D eigenvalue weighted by atomic mass is 16.6. The minimum atomic E-state index is -0.291. The van der Waals surface area contributed by atoms with Crippen LogP contribution in [-0.4, -0.2) is 48.5 Å². The predicted molar refractivity (Wildman–Crippen MR) is 117 cm³/mol. The summed E-state index contributed by atoms with van der Waals surface area (Å²) in [6.07, 6.45) is 1.73. The van der Waals surface area contributed by atoms with Crippen LogP contribution >= 0.6 is 0 Å². The van der Waals surface area contributed by atoms with Gasteiger partial charge in [-0.25, -0.2) is 4.79 Å². The number of nitrogens with zero attached hydrogens (tertiary/aromatic N) is 1. The molecule has 30 heavy (non-hydrogen) atoms. The summed E-state index contributed by atoms with van der Waals surface area (Å²) in [5, 5.41) is 5.93. The van der Waals surface area contributed by atoms with Crippen molar-refractivity contribution in [3.8, 4) is 0 Å². The van der Waals surface area contributed by atoms with Crippen molar-refractivity contribution < 1.29 is 19.1 Å². The van der Waals surface area contributed by atoms with Crippen LogP contribution in [0.5, 0.6) is 0 Å². The fourth-order valence-electron chi connectivity index (χ4n) is 3.58. The van der Waals surface area contributed by atoms with Gasteiger partial charge in [-0.1, -0.05) is 32.9 Å². The molecule has 1 atom stereocenters. The molecule has 2 N–H and O–H groups in total. The summed E-state index contributed by atoms with van der Waals surface area (Å²) in [6.45, 7) is 9.48. The molecule has 7 nitrogen and oxygen atoms in total. The number of hydrogen-bond donors (Lipinski definition) is 2. The van der Waals surface area contributed by atoms with Gasteiger partial charge in [0, 0.05) is 37.7 Å². The number of carbonyl (C=O) groups is 3. The fourth-order valence-corrected chi connectivity index (χ4v) is 3.58. The zero-order valence-electron chi connectivity index (χ0n) is 18.6. The first-order valence-electron chi connectivity index (χ1n) is 10.9. The minimum absolute atomic E-state index is 0.0498. The second-order valence-electron chi connectivity index (χ2n) is 8.37. The average Bonchev–Trinajstić information content (AvgIpc) is 2.68. The van der Waals surface area contributed by atoms with E-state index in [-0.39, 0.29) is 29.9 Å². The first-order valence-corrected chi connectivity index (χ1v) is 10.9. The molecule has 1 fully saturated rings. The van der Waals surface area contributed by atoms with E-state index in [9.17, 15) is 14.4 Å². The van der Waals surface area contributed by atoms with E-state index in [1.807, 2.05) is 31.2 Å². The Morgan fingerprint density at radius 1 is 1.03 bits per heavy atom. The quantitative estimate of drug-likeness (QED) is 0.671. The molecule has 0 aliphatic carbocycles. The molecule has 1 heterocycles. The number of rotatable bonds is 8. The number of nitrogens with one attached hydrogen (secondary N) is 2. The molecular weight excluding hydrogens is 382 g/mol. The Morgan fingerprint density at radius 3 is 2.20 bits per heavy atom. The molecule has 0 unspecified atom stereocenters. The monoisotopic (exact) mass is 417 g/mol. The van der Waals surface area contributed by atoms with Crippen molar-refractivity contribution in [2.24, 2.45) is 5.92 Å². The second-order valence-corrected chi connectivity index (χ2v) is 8.37. The van der Waals surface area contributed by atoms with Crippen LogP contribution < -0.4 is 10.6 Å². The third-order valence-corrected chi connectivity index (χ3v) is 5.31. The largest absolute Gasteiger partial charge is 0.450 e. The smallest absolute Gasteiger partial charge is 0.409 e. The van der Waals surface area contributed by atoms with Gasteiger partial charge in [0.15, 0.2) is 0 Å². The van der Waals surface area contributed by atoms with E-state index in [0.717, 1.165) is 5.69 Å². The Hall–Kier alpha value is -2.57. The van der Waals surface area contributed by atoms with E-state index >= 15 is 0 Å². The van der Waals surface area contributed by atoms with Crippen LogP contribution in [0.2, 0.25) is 0 Å². The van der Waals surface area contributed by atoms with Crippen molar-refractivity contribution >= 4 is 23.6 Å². The highest BCUT2D eigenvalue weighted by molar-refractivity contribution is 5.91. The van der Waals surface area contributed by atoms with E-state index in [0.29, 0.717) is 51.3 Å². The zero-order chi connectivity index (χ0) is 22.1. The third-order valence-electron chi connectivity index (χ3n) is 5.31. The van der Waals surface area contributed by atoms with Gasteiger partial charge in [0.05, 0.1) is 6.61 Å². The summed E-state index contributed by atoms with van der Waals surface area (Å²) >= 11 is 0. The summed E-state index contributed by atoms with van der Waals surface area (Å²) in [6, 6.07) is 7.92. The van der Waals surface area contributed by atoms with Crippen molar-refractivity contribution in [1.29, 1.82) is 0 Å². The summed E-state index contributed by atoms with van der Waals surface area (Å²) in [7, 11) is 0. The van der Waals surface area contributed by atoms with Gasteiger partial charge >= 0.3 is 6.09 Å². The lowest BCUT2D eigenvalue weighted by Crippen LogP contribution is -2.46. The Morgan fingerprint density at radius 2 is 1.63 bits per heavy atom. The molecule has 0 bridgehead atoms. The Labute approximate surface area is 179 Å². The Kier molecular flexibility index (Phi) is 9.15. The number of likely N-dealkylation sites (tertiary alicyclic amines) is 1. The van der Waals surface area contributed by atoms with Crippen LogP contribution in [0.4, 0.5) is 10.5 Å². The molecule has 1 aliphatic rings.